The quantitative estimate of drug-likeness (QED) is 0.224. The fraction of sp³-hybridized carbons (Fsp3) is 0.290. The molecular weight excluding hydrogens is 518 g/mol. The maximum Gasteiger partial charge on any atom is 0.295 e. The number of carbonyl (C=O) groups is 1. The third-order valence-electron chi connectivity index (χ3n) is 6.72. The number of fused-ring (bicyclic) bond motifs is 2. The number of ether oxygens (including phenoxy) is 3. The van der Waals surface area contributed by atoms with Crippen molar-refractivity contribution in [1.29, 1.82) is 0 Å². The Morgan fingerprint density at radius 3 is 2.44 bits per heavy atom. The highest BCUT2D eigenvalue weighted by Gasteiger charge is 2.44. The molecule has 0 aliphatic carbocycles. The van der Waals surface area contributed by atoms with Gasteiger partial charge in [-0.05, 0) is 79.4 Å². The molecule has 1 atom stereocenters. The van der Waals surface area contributed by atoms with Crippen LogP contribution in [0.3, 0.4) is 0 Å². The van der Waals surface area contributed by atoms with Crippen LogP contribution in [0.5, 0.6) is 17.2 Å². The summed E-state index contributed by atoms with van der Waals surface area (Å²) >= 11 is 6.21. The Hall–Kier alpha value is -3.97. The summed E-state index contributed by atoms with van der Waals surface area (Å²) in [5.74, 6) is 1.90. The molecule has 0 spiro atoms. The third-order valence-corrected chi connectivity index (χ3v) is 6.95. The first-order chi connectivity index (χ1) is 18.8. The normalized spacial score (nSPS) is 14.7. The molecule has 1 unspecified atom stereocenters. The summed E-state index contributed by atoms with van der Waals surface area (Å²) in [6.07, 6.45) is 0.903. The van der Waals surface area contributed by atoms with Gasteiger partial charge in [-0.3, -0.25) is 14.5 Å². The van der Waals surface area contributed by atoms with Gasteiger partial charge in [-0.25, -0.2) is 0 Å². The Bertz CT molecular complexity index is 1580. The molecule has 1 aliphatic heterocycles. The predicted octanol–water partition coefficient (Wildman–Crippen LogP) is 7.03. The summed E-state index contributed by atoms with van der Waals surface area (Å²) in [5.41, 5.74) is 1.52. The lowest BCUT2D eigenvalue weighted by Crippen LogP contribution is -2.29. The Kier molecular flexibility index (Phi) is 7.53. The first kappa shape index (κ1) is 26.6. The van der Waals surface area contributed by atoms with Crippen LogP contribution in [0.25, 0.3) is 11.0 Å². The van der Waals surface area contributed by atoms with Gasteiger partial charge < -0.3 is 18.6 Å². The van der Waals surface area contributed by atoms with Crippen LogP contribution in [0.4, 0.5) is 5.69 Å². The highest BCUT2D eigenvalue weighted by atomic mass is 35.5. The Morgan fingerprint density at radius 1 is 0.974 bits per heavy atom. The standard InChI is InChI=1S/C31H30ClNO6/c1-5-37-26-16-19(6-12-25(26)38-15-14-18(2)3)28-27-29(34)23-17-20(32)7-13-24(23)39-30(27)31(35)33(28)21-8-10-22(36-4)11-9-21/h6-13,16-18,28H,5,14-15H2,1-4H3. The van der Waals surface area contributed by atoms with Crippen molar-refractivity contribution in [1.82, 2.24) is 0 Å². The van der Waals surface area contributed by atoms with Crippen LogP contribution in [0, 0.1) is 5.92 Å². The Morgan fingerprint density at radius 2 is 1.74 bits per heavy atom. The van der Waals surface area contributed by atoms with Crippen LogP contribution >= 0.6 is 11.6 Å². The van der Waals surface area contributed by atoms with Crippen molar-refractivity contribution in [2.45, 2.75) is 33.2 Å². The first-order valence-corrected chi connectivity index (χ1v) is 13.3. The summed E-state index contributed by atoms with van der Waals surface area (Å²) in [6, 6.07) is 16.7. The maximum absolute atomic E-state index is 13.9. The van der Waals surface area contributed by atoms with Crippen molar-refractivity contribution in [2.75, 3.05) is 25.2 Å². The fourth-order valence-corrected chi connectivity index (χ4v) is 4.93. The second-order valence-electron chi connectivity index (χ2n) is 9.76. The number of halogens is 1. The molecule has 1 amide bonds. The van der Waals surface area contributed by atoms with Crippen LogP contribution in [0.1, 0.15) is 54.9 Å². The minimum atomic E-state index is -0.760. The van der Waals surface area contributed by atoms with Gasteiger partial charge in [-0.15, -0.1) is 0 Å². The number of rotatable bonds is 9. The largest absolute Gasteiger partial charge is 0.497 e. The van der Waals surface area contributed by atoms with E-state index in [1.807, 2.05) is 25.1 Å². The number of amides is 1. The van der Waals surface area contributed by atoms with Crippen LogP contribution in [-0.2, 0) is 0 Å². The monoisotopic (exact) mass is 547 g/mol. The highest BCUT2D eigenvalue weighted by molar-refractivity contribution is 6.31. The van der Waals surface area contributed by atoms with Crippen LogP contribution < -0.4 is 24.5 Å². The molecule has 1 aliphatic rings. The lowest BCUT2D eigenvalue weighted by molar-refractivity contribution is 0.0971. The van der Waals surface area contributed by atoms with Gasteiger partial charge in [0.1, 0.15) is 11.3 Å². The molecule has 1 aromatic heterocycles. The van der Waals surface area contributed by atoms with E-state index in [-0.39, 0.29) is 16.8 Å². The van der Waals surface area contributed by atoms with Crippen LogP contribution in [0.2, 0.25) is 5.02 Å². The summed E-state index contributed by atoms with van der Waals surface area (Å²) in [7, 11) is 1.58. The van der Waals surface area contributed by atoms with Gasteiger partial charge in [0.2, 0.25) is 5.76 Å². The lowest BCUT2D eigenvalue weighted by Gasteiger charge is -2.26. The molecule has 5 rings (SSSR count). The topological polar surface area (TPSA) is 78.2 Å². The molecule has 202 valence electrons. The number of hydrogen-bond donors (Lipinski definition) is 0. The number of carbonyl (C=O) groups excluding carboxylic acids is 1. The minimum Gasteiger partial charge on any atom is -0.497 e. The van der Waals surface area contributed by atoms with Gasteiger partial charge in [0.05, 0.1) is 37.3 Å². The second-order valence-corrected chi connectivity index (χ2v) is 10.2. The van der Waals surface area contributed by atoms with Gasteiger partial charge >= 0.3 is 0 Å². The Balaban J connectivity index is 1.68. The smallest absolute Gasteiger partial charge is 0.295 e. The fourth-order valence-electron chi connectivity index (χ4n) is 4.76. The third kappa shape index (κ3) is 5.06. The zero-order valence-corrected chi connectivity index (χ0v) is 23.1. The maximum atomic E-state index is 13.9. The molecule has 4 aromatic rings. The summed E-state index contributed by atoms with van der Waals surface area (Å²) in [5, 5.41) is 0.721. The van der Waals surface area contributed by atoms with Gasteiger partial charge in [-0.2, -0.15) is 0 Å². The summed E-state index contributed by atoms with van der Waals surface area (Å²) < 4.78 is 23.3. The SMILES string of the molecule is CCOc1cc(C2c3c(oc4ccc(Cl)cc4c3=O)C(=O)N2c2ccc(OC)cc2)ccc1OCCC(C)C. The number of benzene rings is 3. The van der Waals surface area contributed by atoms with E-state index in [0.717, 1.165) is 6.42 Å². The van der Waals surface area contributed by atoms with E-state index in [2.05, 4.69) is 13.8 Å². The zero-order valence-electron chi connectivity index (χ0n) is 22.3. The van der Waals surface area contributed by atoms with E-state index in [4.69, 9.17) is 30.2 Å². The van der Waals surface area contributed by atoms with E-state index in [1.165, 1.54) is 0 Å². The van der Waals surface area contributed by atoms with Crippen molar-refractivity contribution in [3.63, 3.8) is 0 Å². The molecule has 0 bridgehead atoms. The minimum absolute atomic E-state index is 0.00543. The van der Waals surface area contributed by atoms with E-state index in [1.54, 1.807) is 54.5 Å². The molecule has 0 N–H and O–H groups in total. The molecule has 0 radical (unpaired) electrons. The van der Waals surface area contributed by atoms with Gasteiger partial charge in [0.25, 0.3) is 5.91 Å². The van der Waals surface area contributed by atoms with Crippen LogP contribution in [-0.4, -0.2) is 26.2 Å². The molecule has 39 heavy (non-hydrogen) atoms. The van der Waals surface area contributed by atoms with Crippen molar-refractivity contribution in [2.24, 2.45) is 5.92 Å². The zero-order chi connectivity index (χ0) is 27.7. The molecule has 2 heterocycles. The van der Waals surface area contributed by atoms with E-state index in [9.17, 15) is 9.59 Å². The summed E-state index contributed by atoms with van der Waals surface area (Å²) in [4.78, 5) is 29.3. The summed E-state index contributed by atoms with van der Waals surface area (Å²) in [6.45, 7) is 7.16. The average Bonchev–Trinajstić information content (AvgIpc) is 3.22. The molecule has 0 saturated carbocycles. The number of hydrogen-bond acceptors (Lipinski definition) is 6. The van der Waals surface area contributed by atoms with Gasteiger partial charge in [0.15, 0.2) is 16.9 Å². The van der Waals surface area contributed by atoms with E-state index >= 15 is 0 Å². The number of methoxy groups -OCH3 is 1. The molecule has 3 aromatic carbocycles. The van der Waals surface area contributed by atoms with Crippen LogP contribution in [0.15, 0.2) is 69.9 Å². The lowest BCUT2D eigenvalue weighted by atomic mass is 9.97. The van der Waals surface area contributed by atoms with E-state index in [0.29, 0.717) is 63.6 Å². The van der Waals surface area contributed by atoms with Gasteiger partial charge in [-0.1, -0.05) is 31.5 Å². The molecule has 0 saturated heterocycles. The van der Waals surface area contributed by atoms with Gasteiger partial charge in [0, 0.05) is 10.7 Å². The predicted molar refractivity (Wildman–Crippen MR) is 152 cm³/mol. The van der Waals surface area contributed by atoms with Crippen molar-refractivity contribution in [3.05, 3.63) is 92.8 Å². The first-order valence-electron chi connectivity index (χ1n) is 13.0. The van der Waals surface area contributed by atoms with E-state index < -0.39 is 11.9 Å². The molecule has 0 fully saturated rings. The highest BCUT2D eigenvalue weighted by Crippen LogP contribution is 2.43. The number of anilines is 1. The van der Waals surface area contributed by atoms with Crippen molar-refractivity contribution in [3.8, 4) is 17.2 Å². The van der Waals surface area contributed by atoms with Crippen molar-refractivity contribution >= 4 is 34.2 Å². The molecule has 7 nitrogen and oxygen atoms in total. The Labute approximate surface area is 231 Å². The average molecular weight is 548 g/mol. The second kappa shape index (κ2) is 11.0. The molecular formula is C31H30ClNO6. The molecule has 8 heteroatoms. The number of nitrogens with zero attached hydrogens (tertiary/aromatic N) is 1. The van der Waals surface area contributed by atoms with Crippen molar-refractivity contribution < 1.29 is 23.4 Å².